The largest absolute Gasteiger partial charge is 0.497 e. The second kappa shape index (κ2) is 11.2. The molecule has 0 spiro atoms. The lowest BCUT2D eigenvalue weighted by Crippen LogP contribution is -2.49. The molecule has 0 saturated heterocycles. The number of nitrogens with one attached hydrogen (secondary N) is 1. The SMILES string of the molecule is COc1ccc(CN(C(=O)COc2cccc(C)c2)[C@@H](C)C(=O)NCC(C)C)cc1. The quantitative estimate of drug-likeness (QED) is 0.648. The van der Waals surface area contributed by atoms with Gasteiger partial charge in [0.2, 0.25) is 5.91 Å². The highest BCUT2D eigenvalue weighted by Gasteiger charge is 2.26. The number of rotatable bonds is 10. The Labute approximate surface area is 179 Å². The van der Waals surface area contributed by atoms with Crippen LogP contribution in [0.15, 0.2) is 48.5 Å². The molecule has 0 bridgehead atoms. The van der Waals surface area contributed by atoms with Crippen molar-refractivity contribution in [1.29, 1.82) is 0 Å². The van der Waals surface area contributed by atoms with E-state index in [4.69, 9.17) is 9.47 Å². The van der Waals surface area contributed by atoms with Crippen LogP contribution in [0.3, 0.4) is 0 Å². The smallest absolute Gasteiger partial charge is 0.261 e. The molecule has 0 aromatic heterocycles. The van der Waals surface area contributed by atoms with Crippen LogP contribution in [0, 0.1) is 12.8 Å². The molecular weight excluding hydrogens is 380 g/mol. The van der Waals surface area contributed by atoms with E-state index in [1.165, 1.54) is 0 Å². The number of amides is 2. The number of hydrogen-bond acceptors (Lipinski definition) is 4. The van der Waals surface area contributed by atoms with E-state index in [0.29, 0.717) is 24.8 Å². The number of ether oxygens (including phenoxy) is 2. The van der Waals surface area contributed by atoms with Crippen LogP contribution in [-0.2, 0) is 16.1 Å². The maximum Gasteiger partial charge on any atom is 0.261 e. The van der Waals surface area contributed by atoms with Gasteiger partial charge in [-0.3, -0.25) is 9.59 Å². The van der Waals surface area contributed by atoms with E-state index in [0.717, 1.165) is 16.9 Å². The zero-order valence-corrected chi connectivity index (χ0v) is 18.5. The topological polar surface area (TPSA) is 67.9 Å². The van der Waals surface area contributed by atoms with Gasteiger partial charge in [0.05, 0.1) is 7.11 Å². The Kier molecular flexibility index (Phi) is 8.71. The monoisotopic (exact) mass is 412 g/mol. The summed E-state index contributed by atoms with van der Waals surface area (Å²) >= 11 is 0. The molecule has 0 heterocycles. The van der Waals surface area contributed by atoms with Crippen LogP contribution in [0.1, 0.15) is 31.9 Å². The molecule has 30 heavy (non-hydrogen) atoms. The first-order valence-electron chi connectivity index (χ1n) is 10.2. The summed E-state index contributed by atoms with van der Waals surface area (Å²) in [6.07, 6.45) is 0. The minimum Gasteiger partial charge on any atom is -0.497 e. The van der Waals surface area contributed by atoms with Crippen LogP contribution in [0.25, 0.3) is 0 Å². The fraction of sp³-hybridized carbons (Fsp3) is 0.417. The van der Waals surface area contributed by atoms with Gasteiger partial charge in [0.1, 0.15) is 17.5 Å². The van der Waals surface area contributed by atoms with Gasteiger partial charge in [-0.05, 0) is 55.2 Å². The van der Waals surface area contributed by atoms with Gasteiger partial charge >= 0.3 is 0 Å². The molecule has 2 rings (SSSR count). The van der Waals surface area contributed by atoms with Crippen molar-refractivity contribution in [2.75, 3.05) is 20.3 Å². The Morgan fingerprint density at radius 1 is 1.03 bits per heavy atom. The Morgan fingerprint density at radius 3 is 2.33 bits per heavy atom. The molecule has 0 aliphatic carbocycles. The van der Waals surface area contributed by atoms with Crippen LogP contribution < -0.4 is 14.8 Å². The number of carbonyl (C=O) groups is 2. The number of nitrogens with zero attached hydrogens (tertiary/aromatic N) is 1. The molecule has 162 valence electrons. The summed E-state index contributed by atoms with van der Waals surface area (Å²) < 4.78 is 10.9. The van der Waals surface area contributed by atoms with Gasteiger partial charge in [-0.25, -0.2) is 0 Å². The molecule has 0 radical (unpaired) electrons. The van der Waals surface area contributed by atoms with Gasteiger partial charge in [-0.2, -0.15) is 0 Å². The van der Waals surface area contributed by atoms with Crippen LogP contribution in [0.2, 0.25) is 0 Å². The van der Waals surface area contributed by atoms with Gasteiger partial charge in [-0.15, -0.1) is 0 Å². The van der Waals surface area contributed by atoms with Crippen molar-refractivity contribution in [3.63, 3.8) is 0 Å². The second-order valence-corrected chi connectivity index (χ2v) is 7.79. The predicted molar refractivity (Wildman–Crippen MR) is 118 cm³/mol. The maximum atomic E-state index is 13.0. The van der Waals surface area contributed by atoms with Crippen LogP contribution >= 0.6 is 0 Å². The molecule has 0 unspecified atom stereocenters. The molecule has 0 aliphatic rings. The first kappa shape index (κ1) is 23.3. The third-order valence-corrected chi connectivity index (χ3v) is 4.72. The van der Waals surface area contributed by atoms with E-state index in [2.05, 4.69) is 5.32 Å². The van der Waals surface area contributed by atoms with Gasteiger partial charge in [0.15, 0.2) is 6.61 Å². The number of benzene rings is 2. The van der Waals surface area contributed by atoms with Crippen molar-refractivity contribution in [2.45, 2.75) is 40.3 Å². The van der Waals surface area contributed by atoms with Crippen LogP contribution in [-0.4, -0.2) is 43.0 Å². The van der Waals surface area contributed by atoms with E-state index < -0.39 is 6.04 Å². The van der Waals surface area contributed by atoms with Crippen molar-refractivity contribution in [3.05, 3.63) is 59.7 Å². The van der Waals surface area contributed by atoms with E-state index in [1.54, 1.807) is 18.9 Å². The summed E-state index contributed by atoms with van der Waals surface area (Å²) in [7, 11) is 1.61. The highest BCUT2D eigenvalue weighted by atomic mass is 16.5. The molecule has 0 aliphatic heterocycles. The molecule has 1 N–H and O–H groups in total. The molecule has 6 nitrogen and oxygen atoms in total. The molecule has 0 saturated carbocycles. The lowest BCUT2D eigenvalue weighted by Gasteiger charge is -2.29. The Morgan fingerprint density at radius 2 is 1.73 bits per heavy atom. The first-order valence-corrected chi connectivity index (χ1v) is 10.2. The van der Waals surface area contributed by atoms with Gasteiger partial charge in [0, 0.05) is 13.1 Å². The Bertz CT molecular complexity index is 833. The van der Waals surface area contributed by atoms with Crippen molar-refractivity contribution < 1.29 is 19.1 Å². The molecule has 1 atom stereocenters. The summed E-state index contributed by atoms with van der Waals surface area (Å²) in [5.74, 6) is 1.27. The fourth-order valence-electron chi connectivity index (χ4n) is 2.90. The highest BCUT2D eigenvalue weighted by Crippen LogP contribution is 2.16. The average molecular weight is 413 g/mol. The lowest BCUT2D eigenvalue weighted by molar-refractivity contribution is -0.142. The van der Waals surface area contributed by atoms with Crippen LogP contribution in [0.5, 0.6) is 11.5 Å². The summed E-state index contributed by atoms with van der Waals surface area (Å²) in [4.78, 5) is 27.2. The first-order chi connectivity index (χ1) is 14.3. The minimum absolute atomic E-state index is 0.137. The third kappa shape index (κ3) is 7.10. The van der Waals surface area contributed by atoms with Gasteiger partial charge < -0.3 is 19.7 Å². The standard InChI is InChI=1S/C24H32N2O4/c1-17(2)14-25-24(28)19(4)26(15-20-9-11-21(29-5)12-10-20)23(27)16-30-22-8-6-7-18(3)13-22/h6-13,17,19H,14-16H2,1-5H3,(H,25,28)/t19-/m0/s1. The number of methoxy groups -OCH3 is 1. The van der Waals surface area contributed by atoms with Crippen molar-refractivity contribution in [2.24, 2.45) is 5.92 Å². The van der Waals surface area contributed by atoms with Crippen LogP contribution in [0.4, 0.5) is 0 Å². The van der Waals surface area contributed by atoms with E-state index in [9.17, 15) is 9.59 Å². The zero-order valence-electron chi connectivity index (χ0n) is 18.5. The summed E-state index contributed by atoms with van der Waals surface area (Å²) in [5.41, 5.74) is 1.96. The van der Waals surface area contributed by atoms with Crippen molar-refractivity contribution in [1.82, 2.24) is 10.2 Å². The molecular formula is C24H32N2O4. The maximum absolute atomic E-state index is 13.0. The summed E-state index contributed by atoms with van der Waals surface area (Å²) in [6, 6.07) is 14.4. The zero-order chi connectivity index (χ0) is 22.1. The lowest BCUT2D eigenvalue weighted by atomic mass is 10.1. The molecule has 2 aromatic rings. The van der Waals surface area contributed by atoms with E-state index >= 15 is 0 Å². The number of aryl methyl sites for hydroxylation is 1. The van der Waals surface area contributed by atoms with E-state index in [1.807, 2.05) is 69.3 Å². The summed E-state index contributed by atoms with van der Waals surface area (Å²) in [6.45, 7) is 8.49. The highest BCUT2D eigenvalue weighted by molar-refractivity contribution is 5.87. The summed E-state index contributed by atoms with van der Waals surface area (Å²) in [5, 5.41) is 2.91. The Hall–Kier alpha value is -3.02. The average Bonchev–Trinajstić information content (AvgIpc) is 2.74. The predicted octanol–water partition coefficient (Wildman–Crippen LogP) is 3.57. The van der Waals surface area contributed by atoms with Crippen molar-refractivity contribution >= 4 is 11.8 Å². The third-order valence-electron chi connectivity index (χ3n) is 4.72. The fourth-order valence-corrected chi connectivity index (χ4v) is 2.90. The molecule has 0 fully saturated rings. The molecule has 2 aromatic carbocycles. The minimum atomic E-state index is -0.625. The number of hydrogen-bond donors (Lipinski definition) is 1. The number of carbonyl (C=O) groups excluding carboxylic acids is 2. The van der Waals surface area contributed by atoms with Gasteiger partial charge in [0.25, 0.3) is 5.91 Å². The van der Waals surface area contributed by atoms with Crippen molar-refractivity contribution in [3.8, 4) is 11.5 Å². The molecule has 6 heteroatoms. The second-order valence-electron chi connectivity index (χ2n) is 7.79. The Balaban J connectivity index is 2.13. The normalized spacial score (nSPS) is 11.7. The van der Waals surface area contributed by atoms with E-state index in [-0.39, 0.29) is 18.4 Å². The van der Waals surface area contributed by atoms with Gasteiger partial charge in [-0.1, -0.05) is 38.1 Å². The molecule has 2 amide bonds.